The van der Waals surface area contributed by atoms with Crippen molar-refractivity contribution in [3.05, 3.63) is 80.1 Å². The minimum Gasteiger partial charge on any atom is -0.488 e. The van der Waals surface area contributed by atoms with Crippen LogP contribution >= 0.6 is 27.3 Å². The Morgan fingerprint density at radius 1 is 1.19 bits per heavy atom. The molecule has 0 spiro atoms. The van der Waals surface area contributed by atoms with Gasteiger partial charge in [-0.2, -0.15) is 0 Å². The maximum absolute atomic E-state index is 13.1. The average molecular weight is 498 g/mol. The quantitative estimate of drug-likeness (QED) is 0.500. The third-order valence-electron chi connectivity index (χ3n) is 5.88. The van der Waals surface area contributed by atoms with Crippen LogP contribution in [0.1, 0.15) is 45.0 Å². The Bertz CT molecular complexity index is 1120. The van der Waals surface area contributed by atoms with Gasteiger partial charge < -0.3 is 15.4 Å². The lowest BCUT2D eigenvalue weighted by Crippen LogP contribution is -2.39. The Kier molecular flexibility index (Phi) is 5.73. The number of benzene rings is 2. The van der Waals surface area contributed by atoms with E-state index >= 15 is 0 Å². The van der Waals surface area contributed by atoms with Gasteiger partial charge in [0, 0.05) is 28.0 Å². The van der Waals surface area contributed by atoms with Gasteiger partial charge in [-0.05, 0) is 42.3 Å². The number of hydrogen-bond acceptors (Lipinski definition) is 5. The molecule has 3 aromatic rings. The number of anilines is 1. The third-order valence-corrected chi connectivity index (χ3v) is 7.52. The largest absolute Gasteiger partial charge is 0.488 e. The van der Waals surface area contributed by atoms with Crippen molar-refractivity contribution < 1.29 is 9.53 Å². The fourth-order valence-electron chi connectivity index (χ4n) is 4.21. The number of nitrogens with one attached hydrogen (secondary N) is 2. The van der Waals surface area contributed by atoms with Crippen molar-refractivity contribution in [3.63, 3.8) is 0 Å². The molecule has 3 heterocycles. The number of rotatable bonds is 5. The first-order valence-corrected chi connectivity index (χ1v) is 12.1. The molecule has 0 saturated heterocycles. The molecule has 2 aromatic carbocycles. The monoisotopic (exact) mass is 497 g/mol. The Balaban J connectivity index is 1.42. The topological polar surface area (TPSA) is 53.6 Å². The molecule has 31 heavy (non-hydrogen) atoms. The zero-order valence-electron chi connectivity index (χ0n) is 17.3. The second-order valence-electron chi connectivity index (χ2n) is 7.83. The second kappa shape index (κ2) is 8.65. The number of amides is 1. The summed E-state index contributed by atoms with van der Waals surface area (Å²) in [5.74, 6) is 0.752. The summed E-state index contributed by atoms with van der Waals surface area (Å²) in [5.41, 5.74) is 4.05. The summed E-state index contributed by atoms with van der Waals surface area (Å²) < 4.78 is 7.09. The van der Waals surface area contributed by atoms with Gasteiger partial charge in [0.25, 0.3) is 5.91 Å². The Morgan fingerprint density at radius 2 is 2.03 bits per heavy atom. The zero-order chi connectivity index (χ0) is 21.4. The van der Waals surface area contributed by atoms with Crippen LogP contribution in [0.5, 0.6) is 5.75 Å². The van der Waals surface area contributed by atoms with E-state index in [9.17, 15) is 4.79 Å². The molecule has 0 saturated carbocycles. The van der Waals surface area contributed by atoms with Gasteiger partial charge in [0.1, 0.15) is 23.5 Å². The molecule has 0 unspecified atom stereocenters. The molecule has 1 aromatic heterocycles. The van der Waals surface area contributed by atoms with E-state index in [2.05, 4.69) is 38.4 Å². The molecule has 0 radical (unpaired) electrons. The van der Waals surface area contributed by atoms with Crippen LogP contribution in [0.4, 0.5) is 5.00 Å². The van der Waals surface area contributed by atoms with Crippen molar-refractivity contribution in [2.24, 2.45) is 0 Å². The van der Waals surface area contributed by atoms with Crippen molar-refractivity contribution in [3.8, 4) is 5.75 Å². The lowest BCUT2D eigenvalue weighted by atomic mass is 10.00. The van der Waals surface area contributed by atoms with Crippen LogP contribution in [0.25, 0.3) is 0 Å². The smallest absolute Gasteiger partial charge is 0.256 e. The fraction of sp³-hybridized carbons (Fsp3) is 0.292. The van der Waals surface area contributed by atoms with Crippen LogP contribution in [-0.4, -0.2) is 23.9 Å². The molecule has 7 heteroatoms. The first kappa shape index (κ1) is 20.5. The van der Waals surface area contributed by atoms with Gasteiger partial charge >= 0.3 is 0 Å². The van der Waals surface area contributed by atoms with Crippen molar-refractivity contribution in [1.29, 1.82) is 0 Å². The van der Waals surface area contributed by atoms with Crippen LogP contribution in [0, 0.1) is 0 Å². The van der Waals surface area contributed by atoms with Crippen molar-refractivity contribution >= 4 is 38.2 Å². The lowest BCUT2D eigenvalue weighted by molar-refractivity contribution is 0.0934. The molecule has 2 aliphatic heterocycles. The third kappa shape index (κ3) is 4.10. The Labute approximate surface area is 194 Å². The highest BCUT2D eigenvalue weighted by molar-refractivity contribution is 9.10. The number of carbonyl (C=O) groups is 1. The number of hydrogen-bond donors (Lipinski definition) is 2. The molecule has 1 amide bonds. The number of halogens is 1. The zero-order valence-corrected chi connectivity index (χ0v) is 19.7. The number of thiophene rings is 1. The summed E-state index contributed by atoms with van der Waals surface area (Å²) in [7, 11) is 0. The highest BCUT2D eigenvalue weighted by atomic mass is 79.9. The van der Waals surface area contributed by atoms with E-state index < -0.39 is 0 Å². The first-order chi connectivity index (χ1) is 15.1. The van der Waals surface area contributed by atoms with Crippen LogP contribution in [-0.2, 0) is 19.6 Å². The maximum Gasteiger partial charge on any atom is 0.256 e. The van der Waals surface area contributed by atoms with E-state index in [-0.39, 0.29) is 12.1 Å². The molecule has 0 bridgehead atoms. The normalized spacial score (nSPS) is 18.0. The average Bonchev–Trinajstić information content (AvgIpc) is 3.16. The summed E-state index contributed by atoms with van der Waals surface area (Å²) in [4.78, 5) is 16.8. The Morgan fingerprint density at radius 3 is 2.84 bits per heavy atom. The van der Waals surface area contributed by atoms with Gasteiger partial charge in [0.05, 0.1) is 5.56 Å². The molecule has 160 valence electrons. The number of fused-ring (bicyclic) bond motifs is 3. The summed E-state index contributed by atoms with van der Waals surface area (Å²) in [5, 5.41) is 7.69. The van der Waals surface area contributed by atoms with Crippen LogP contribution < -0.4 is 15.4 Å². The molecule has 2 aliphatic rings. The summed E-state index contributed by atoms with van der Waals surface area (Å²) in [6, 6.07) is 16.0. The SMILES string of the molecule is CCN1CCc2c(sc3c2C(=O)N[C@@H](c2cc(Br)ccc2OCc2ccccc2)N3)C1. The molecule has 5 rings (SSSR count). The number of likely N-dealkylation sites (N-methyl/N-ethyl adjacent to an activating group) is 1. The minimum atomic E-state index is -0.342. The van der Waals surface area contributed by atoms with E-state index in [1.54, 1.807) is 11.3 Å². The summed E-state index contributed by atoms with van der Waals surface area (Å²) in [6.45, 7) is 5.62. The van der Waals surface area contributed by atoms with Gasteiger partial charge in [-0.25, -0.2) is 0 Å². The maximum atomic E-state index is 13.1. The first-order valence-electron chi connectivity index (χ1n) is 10.5. The molecule has 2 N–H and O–H groups in total. The van der Waals surface area contributed by atoms with Gasteiger partial charge in [-0.3, -0.25) is 9.69 Å². The summed E-state index contributed by atoms with van der Waals surface area (Å²) >= 11 is 5.28. The van der Waals surface area contributed by atoms with Crippen LogP contribution in [0.15, 0.2) is 53.0 Å². The summed E-state index contributed by atoms with van der Waals surface area (Å²) in [6.07, 6.45) is 0.586. The minimum absolute atomic E-state index is 0.00446. The fourth-order valence-corrected chi connectivity index (χ4v) is 5.90. The van der Waals surface area contributed by atoms with Crippen molar-refractivity contribution in [2.45, 2.75) is 32.7 Å². The van der Waals surface area contributed by atoms with Crippen molar-refractivity contribution in [2.75, 3.05) is 18.4 Å². The molecule has 0 aliphatic carbocycles. The van der Waals surface area contributed by atoms with E-state index in [4.69, 9.17) is 4.74 Å². The highest BCUT2D eigenvalue weighted by Gasteiger charge is 2.34. The molecule has 5 nitrogen and oxygen atoms in total. The highest BCUT2D eigenvalue weighted by Crippen LogP contribution is 2.42. The second-order valence-corrected chi connectivity index (χ2v) is 9.85. The van der Waals surface area contributed by atoms with E-state index in [1.165, 1.54) is 10.4 Å². The van der Waals surface area contributed by atoms with Crippen LogP contribution in [0.3, 0.4) is 0 Å². The predicted octanol–water partition coefficient (Wildman–Crippen LogP) is 5.32. The van der Waals surface area contributed by atoms with Gasteiger partial charge in [-0.1, -0.05) is 53.2 Å². The van der Waals surface area contributed by atoms with Crippen molar-refractivity contribution in [1.82, 2.24) is 10.2 Å². The molecular weight excluding hydrogens is 474 g/mol. The number of carbonyl (C=O) groups excluding carboxylic acids is 1. The van der Waals surface area contributed by atoms with Gasteiger partial charge in [0.15, 0.2) is 0 Å². The molecule has 0 fully saturated rings. The van der Waals surface area contributed by atoms with Crippen LogP contribution in [0.2, 0.25) is 0 Å². The van der Waals surface area contributed by atoms with Gasteiger partial charge in [0.2, 0.25) is 0 Å². The van der Waals surface area contributed by atoms with E-state index in [0.717, 1.165) is 58.0 Å². The molecule has 1 atom stereocenters. The Hall–Kier alpha value is -2.35. The van der Waals surface area contributed by atoms with Gasteiger partial charge in [-0.15, -0.1) is 11.3 Å². The number of ether oxygens (including phenoxy) is 1. The predicted molar refractivity (Wildman–Crippen MR) is 128 cm³/mol. The lowest BCUT2D eigenvalue weighted by Gasteiger charge is -2.29. The standard InChI is InChI=1S/C24H24BrN3O2S/c1-2-28-11-10-17-20(13-28)31-24-21(17)23(29)26-22(27-24)18-12-16(25)8-9-19(18)30-14-15-6-4-3-5-7-15/h3-9,12,22,27H,2,10-11,13-14H2,1H3,(H,26,29)/t22-/m1/s1. The molecular formula is C24H24BrN3O2S. The van der Waals surface area contributed by atoms with E-state index in [0.29, 0.717) is 6.61 Å². The number of nitrogens with zero attached hydrogens (tertiary/aromatic N) is 1. The van der Waals surface area contributed by atoms with E-state index in [1.807, 2.05) is 48.5 Å².